The highest BCUT2D eigenvalue weighted by atomic mass is 16.6. The lowest BCUT2D eigenvalue weighted by atomic mass is 10.1. The molecule has 7 heteroatoms. The first-order valence-corrected chi connectivity index (χ1v) is 9.03. The van der Waals surface area contributed by atoms with Gasteiger partial charge in [-0.05, 0) is 18.4 Å². The zero-order valence-corrected chi connectivity index (χ0v) is 15.7. The Morgan fingerprint density at radius 2 is 1.74 bits per heavy atom. The molecule has 27 heavy (non-hydrogen) atoms. The number of nitrogens with zero attached hydrogens (tertiary/aromatic N) is 2. The number of nitrogens with one attached hydrogen (secondary N) is 1. The van der Waals surface area contributed by atoms with Crippen LogP contribution in [0.25, 0.3) is 0 Å². The molecule has 0 amide bonds. The van der Waals surface area contributed by atoms with Gasteiger partial charge in [-0.25, -0.2) is 0 Å². The quantitative estimate of drug-likeness (QED) is 0.362. The second-order valence-corrected chi connectivity index (χ2v) is 5.89. The second-order valence-electron chi connectivity index (χ2n) is 5.89. The molecule has 1 N–H and O–H groups in total. The minimum atomic E-state index is -0.455. The highest BCUT2D eigenvalue weighted by molar-refractivity contribution is 5.85. The summed E-state index contributed by atoms with van der Waals surface area (Å²) in [6, 6.07) is 12.8. The van der Waals surface area contributed by atoms with E-state index in [-0.39, 0.29) is 11.4 Å². The van der Waals surface area contributed by atoms with Gasteiger partial charge in [0.25, 0.3) is 0 Å². The fraction of sp³-hybridized carbons (Fsp3) is 0.350. The average molecular weight is 371 g/mol. The maximum atomic E-state index is 11.4. The molecule has 0 saturated carbocycles. The number of ether oxygens (including phenoxy) is 2. The number of nitro groups is 1. The van der Waals surface area contributed by atoms with Gasteiger partial charge in [-0.2, -0.15) is 5.10 Å². The van der Waals surface area contributed by atoms with Gasteiger partial charge in [0.15, 0.2) is 0 Å². The van der Waals surface area contributed by atoms with Crippen molar-refractivity contribution in [3.05, 3.63) is 63.7 Å². The lowest BCUT2D eigenvalue weighted by Gasteiger charge is -2.12. The summed E-state index contributed by atoms with van der Waals surface area (Å²) in [5.41, 5.74) is 4.46. The molecule has 0 saturated heterocycles. The van der Waals surface area contributed by atoms with Crippen LogP contribution in [0.1, 0.15) is 37.8 Å². The fourth-order valence-corrected chi connectivity index (χ4v) is 2.32. The number of nitro benzene ring substituents is 1. The minimum absolute atomic E-state index is 0.100. The maximum absolute atomic E-state index is 11.4. The Morgan fingerprint density at radius 3 is 2.37 bits per heavy atom. The molecule has 0 bridgehead atoms. The van der Waals surface area contributed by atoms with Crippen molar-refractivity contribution in [3.8, 4) is 11.5 Å². The maximum Gasteiger partial charge on any atom is 0.311 e. The van der Waals surface area contributed by atoms with E-state index in [9.17, 15) is 10.1 Å². The zero-order valence-electron chi connectivity index (χ0n) is 15.7. The van der Waals surface area contributed by atoms with Crippen LogP contribution in [0.4, 0.5) is 5.69 Å². The van der Waals surface area contributed by atoms with E-state index in [1.54, 1.807) is 6.07 Å². The summed E-state index contributed by atoms with van der Waals surface area (Å²) >= 11 is 0. The molecule has 0 aliphatic carbocycles. The molecule has 0 aliphatic heterocycles. The highest BCUT2D eigenvalue weighted by Gasteiger charge is 2.20. The Kier molecular flexibility index (Phi) is 8.09. The van der Waals surface area contributed by atoms with E-state index in [0.29, 0.717) is 31.1 Å². The van der Waals surface area contributed by atoms with E-state index in [1.165, 1.54) is 12.3 Å². The van der Waals surface area contributed by atoms with Gasteiger partial charge in [0.05, 0.1) is 30.9 Å². The molecule has 0 fully saturated rings. The van der Waals surface area contributed by atoms with Crippen molar-refractivity contribution in [2.45, 2.75) is 33.2 Å². The highest BCUT2D eigenvalue weighted by Crippen LogP contribution is 2.34. The van der Waals surface area contributed by atoms with Gasteiger partial charge >= 0.3 is 5.69 Å². The number of hydrazone groups is 1. The van der Waals surface area contributed by atoms with Gasteiger partial charge in [0.2, 0.25) is 5.75 Å². The number of hydrogen-bond acceptors (Lipinski definition) is 6. The molecule has 2 aromatic rings. The molecule has 144 valence electrons. The molecule has 7 nitrogen and oxygen atoms in total. The predicted octanol–water partition coefficient (Wildman–Crippen LogP) is 4.30. The van der Waals surface area contributed by atoms with Crippen molar-refractivity contribution < 1.29 is 14.4 Å². The van der Waals surface area contributed by atoms with Crippen LogP contribution < -0.4 is 14.9 Å². The molecule has 0 aliphatic rings. The molecule has 2 aromatic carbocycles. The first-order valence-electron chi connectivity index (χ1n) is 9.03. The van der Waals surface area contributed by atoms with E-state index in [2.05, 4.69) is 10.5 Å². The van der Waals surface area contributed by atoms with Crippen LogP contribution in [0.2, 0.25) is 0 Å². The molecule has 0 atom stereocenters. The van der Waals surface area contributed by atoms with Gasteiger partial charge in [0, 0.05) is 17.7 Å². The Bertz CT molecular complexity index is 763. The first kappa shape index (κ1) is 20.2. The first-order chi connectivity index (χ1) is 13.2. The molecular formula is C20H25N3O4. The minimum Gasteiger partial charge on any atom is -0.493 e. The van der Waals surface area contributed by atoms with Gasteiger partial charge in [0.1, 0.15) is 5.75 Å². The van der Waals surface area contributed by atoms with Crippen molar-refractivity contribution in [2.75, 3.05) is 13.2 Å². The van der Waals surface area contributed by atoms with Crippen molar-refractivity contribution in [1.82, 2.24) is 5.43 Å². The molecule has 0 aromatic heterocycles. The van der Waals surface area contributed by atoms with Crippen molar-refractivity contribution in [1.29, 1.82) is 0 Å². The Morgan fingerprint density at radius 1 is 1.07 bits per heavy atom. The predicted molar refractivity (Wildman–Crippen MR) is 106 cm³/mol. The summed E-state index contributed by atoms with van der Waals surface area (Å²) in [6.07, 6.45) is 3.12. The Balaban J connectivity index is 2.21. The lowest BCUT2D eigenvalue weighted by molar-refractivity contribution is -0.385. The van der Waals surface area contributed by atoms with Crippen molar-refractivity contribution >= 4 is 11.9 Å². The van der Waals surface area contributed by atoms with Crippen molar-refractivity contribution in [3.63, 3.8) is 0 Å². The number of rotatable bonds is 11. The van der Waals surface area contributed by atoms with Gasteiger partial charge < -0.3 is 14.9 Å². The smallest absolute Gasteiger partial charge is 0.311 e. The van der Waals surface area contributed by atoms with Crippen LogP contribution >= 0.6 is 0 Å². The van der Waals surface area contributed by atoms with Gasteiger partial charge in [-0.1, -0.05) is 44.2 Å². The average Bonchev–Trinajstić information content (AvgIpc) is 2.69. The largest absolute Gasteiger partial charge is 0.493 e. The summed E-state index contributed by atoms with van der Waals surface area (Å²) in [4.78, 5) is 10.9. The van der Waals surface area contributed by atoms with E-state index in [1.807, 2.05) is 44.2 Å². The van der Waals surface area contributed by atoms with Crippen LogP contribution in [0.5, 0.6) is 11.5 Å². The molecule has 0 unspecified atom stereocenters. The molecule has 0 spiro atoms. The second kappa shape index (κ2) is 10.8. The monoisotopic (exact) mass is 371 g/mol. The van der Waals surface area contributed by atoms with E-state index >= 15 is 0 Å². The summed E-state index contributed by atoms with van der Waals surface area (Å²) in [7, 11) is 0. The summed E-state index contributed by atoms with van der Waals surface area (Å²) in [5.74, 6) is 0.723. The number of benzene rings is 2. The van der Waals surface area contributed by atoms with E-state index < -0.39 is 4.92 Å². The topological polar surface area (TPSA) is 86.0 Å². The third-order valence-electron chi connectivity index (χ3n) is 3.63. The SMILES string of the molecule is CCCOc1cc(OCCC)c([N+](=O)[O-])cc1C=NNCc1ccccc1. The van der Waals surface area contributed by atoms with Gasteiger partial charge in [-0.15, -0.1) is 0 Å². The standard InChI is InChI=1S/C20H25N3O4/c1-3-10-26-19-13-20(27-11-4-2)18(23(24)25)12-17(19)15-22-21-14-16-8-6-5-7-9-16/h5-9,12-13,15,21H,3-4,10-11,14H2,1-2H3. The molecule has 0 heterocycles. The normalized spacial score (nSPS) is 10.7. The summed E-state index contributed by atoms with van der Waals surface area (Å²) in [6.45, 7) is 5.40. The summed E-state index contributed by atoms with van der Waals surface area (Å²) < 4.78 is 11.3. The van der Waals surface area contributed by atoms with Crippen molar-refractivity contribution in [2.24, 2.45) is 5.10 Å². The van der Waals surface area contributed by atoms with Crippen LogP contribution in [0, 0.1) is 10.1 Å². The van der Waals surface area contributed by atoms with Crippen LogP contribution in [-0.4, -0.2) is 24.4 Å². The summed E-state index contributed by atoms with van der Waals surface area (Å²) in [5, 5.41) is 15.6. The van der Waals surface area contributed by atoms with Crippen LogP contribution in [0.15, 0.2) is 47.6 Å². The molecule has 2 rings (SSSR count). The Hall–Kier alpha value is -3.09. The molecule has 0 radical (unpaired) electrons. The van der Waals surface area contributed by atoms with E-state index in [0.717, 1.165) is 18.4 Å². The third kappa shape index (κ3) is 6.29. The fourth-order valence-electron chi connectivity index (χ4n) is 2.32. The van der Waals surface area contributed by atoms with Gasteiger partial charge in [-0.3, -0.25) is 10.1 Å². The lowest BCUT2D eigenvalue weighted by Crippen LogP contribution is -2.07. The van der Waals surface area contributed by atoms with Crippen LogP contribution in [-0.2, 0) is 6.54 Å². The van der Waals surface area contributed by atoms with Crippen LogP contribution in [0.3, 0.4) is 0 Å². The third-order valence-corrected chi connectivity index (χ3v) is 3.63. The zero-order chi connectivity index (χ0) is 19.5. The molecular weight excluding hydrogens is 346 g/mol. The van der Waals surface area contributed by atoms with E-state index in [4.69, 9.17) is 9.47 Å². The Labute approximate surface area is 159 Å². The number of hydrogen-bond donors (Lipinski definition) is 1.